The van der Waals surface area contributed by atoms with Gasteiger partial charge in [-0.1, -0.05) is 6.92 Å². The molecule has 0 saturated carbocycles. The zero-order valence-corrected chi connectivity index (χ0v) is 9.96. The maximum Gasteiger partial charge on any atom is 0.319 e. The molecule has 7 heteroatoms. The summed E-state index contributed by atoms with van der Waals surface area (Å²) in [6.45, 7) is 1.98. The molecule has 0 saturated heterocycles. The summed E-state index contributed by atoms with van der Waals surface area (Å²) in [4.78, 5) is 11.1. The van der Waals surface area contributed by atoms with Gasteiger partial charge >= 0.3 is 6.03 Å². The third kappa shape index (κ3) is 2.84. The molecule has 0 aliphatic rings. The standard InChI is InChI=1S/C8H10N4OS2/c1-3-14-7-5(4-9)6(15-12-7)11-8(13)10-2/h3H2,1-2H3,(H2,10,11,13). The number of carbonyl (C=O) groups excluding carboxylic acids is 1. The molecule has 0 fully saturated rings. The third-order valence-corrected chi connectivity index (χ3v) is 3.24. The van der Waals surface area contributed by atoms with Crippen LogP contribution in [0.2, 0.25) is 0 Å². The first-order valence-electron chi connectivity index (χ1n) is 4.24. The van der Waals surface area contributed by atoms with Crippen LogP contribution in [-0.2, 0) is 0 Å². The summed E-state index contributed by atoms with van der Waals surface area (Å²) in [5, 5.41) is 15.1. The molecule has 5 nitrogen and oxygen atoms in total. The third-order valence-electron chi connectivity index (χ3n) is 1.51. The number of nitriles is 1. The van der Waals surface area contributed by atoms with Crippen molar-refractivity contribution in [3.05, 3.63) is 5.56 Å². The van der Waals surface area contributed by atoms with Crippen molar-refractivity contribution in [2.24, 2.45) is 0 Å². The average molecular weight is 242 g/mol. The first-order chi connectivity index (χ1) is 7.22. The molecule has 0 unspecified atom stereocenters. The SMILES string of the molecule is CCSc1nsc(NC(=O)NC)c1C#N. The van der Waals surface area contributed by atoms with Crippen LogP contribution in [0, 0.1) is 11.3 Å². The number of nitrogens with one attached hydrogen (secondary N) is 2. The summed E-state index contributed by atoms with van der Waals surface area (Å²) >= 11 is 2.61. The Labute approximate surface area is 96.0 Å². The minimum Gasteiger partial charge on any atom is -0.341 e. The lowest BCUT2D eigenvalue weighted by atomic mass is 10.4. The van der Waals surface area contributed by atoms with E-state index in [9.17, 15) is 4.79 Å². The van der Waals surface area contributed by atoms with Crippen molar-refractivity contribution < 1.29 is 4.79 Å². The van der Waals surface area contributed by atoms with Gasteiger partial charge in [-0.05, 0) is 17.3 Å². The highest BCUT2D eigenvalue weighted by molar-refractivity contribution is 7.99. The van der Waals surface area contributed by atoms with Gasteiger partial charge in [-0.25, -0.2) is 4.79 Å². The fraction of sp³-hybridized carbons (Fsp3) is 0.375. The van der Waals surface area contributed by atoms with Crippen LogP contribution in [0.1, 0.15) is 12.5 Å². The van der Waals surface area contributed by atoms with Crippen LogP contribution in [0.3, 0.4) is 0 Å². The molecule has 15 heavy (non-hydrogen) atoms. The van der Waals surface area contributed by atoms with Gasteiger partial charge in [0.15, 0.2) is 0 Å². The molecule has 0 aliphatic heterocycles. The molecule has 0 atom stereocenters. The molecule has 0 aliphatic carbocycles. The van der Waals surface area contributed by atoms with Crippen LogP contribution in [-0.4, -0.2) is 23.2 Å². The zero-order valence-electron chi connectivity index (χ0n) is 8.33. The van der Waals surface area contributed by atoms with Gasteiger partial charge in [0.2, 0.25) is 0 Å². The van der Waals surface area contributed by atoms with Gasteiger partial charge in [0.1, 0.15) is 21.7 Å². The number of anilines is 1. The van der Waals surface area contributed by atoms with Crippen molar-refractivity contribution >= 4 is 34.3 Å². The fourth-order valence-electron chi connectivity index (χ4n) is 0.860. The molecule has 2 N–H and O–H groups in total. The van der Waals surface area contributed by atoms with E-state index in [1.807, 2.05) is 13.0 Å². The van der Waals surface area contributed by atoms with Crippen LogP contribution >= 0.6 is 23.3 Å². The number of nitrogens with zero attached hydrogens (tertiary/aromatic N) is 2. The Kier molecular flexibility index (Phi) is 4.39. The molecule has 80 valence electrons. The Bertz CT molecular complexity index is 396. The van der Waals surface area contributed by atoms with Crippen molar-refractivity contribution in [2.75, 3.05) is 18.1 Å². The number of urea groups is 1. The molecular formula is C8H10N4OS2. The van der Waals surface area contributed by atoms with E-state index in [0.717, 1.165) is 17.3 Å². The number of carbonyl (C=O) groups is 1. The van der Waals surface area contributed by atoms with Crippen LogP contribution in [0.4, 0.5) is 9.80 Å². The zero-order chi connectivity index (χ0) is 11.3. The van der Waals surface area contributed by atoms with E-state index in [-0.39, 0.29) is 6.03 Å². The van der Waals surface area contributed by atoms with Gasteiger partial charge in [-0.15, -0.1) is 11.8 Å². The molecule has 1 heterocycles. The maximum absolute atomic E-state index is 11.1. The molecule has 0 radical (unpaired) electrons. The lowest BCUT2D eigenvalue weighted by Gasteiger charge is -2.00. The average Bonchev–Trinajstić information content (AvgIpc) is 2.61. The topological polar surface area (TPSA) is 77.8 Å². The van der Waals surface area contributed by atoms with Crippen molar-refractivity contribution in [3.8, 4) is 6.07 Å². The first kappa shape index (κ1) is 11.8. The van der Waals surface area contributed by atoms with E-state index in [1.54, 1.807) is 0 Å². The molecule has 1 aromatic heterocycles. The number of hydrogen-bond donors (Lipinski definition) is 2. The quantitative estimate of drug-likeness (QED) is 0.793. The lowest BCUT2D eigenvalue weighted by Crippen LogP contribution is -2.24. The summed E-state index contributed by atoms with van der Waals surface area (Å²) in [6, 6.07) is 1.70. The molecular weight excluding hydrogens is 232 g/mol. The van der Waals surface area contributed by atoms with Gasteiger partial charge in [-0.2, -0.15) is 9.64 Å². The highest BCUT2D eigenvalue weighted by Crippen LogP contribution is 2.30. The van der Waals surface area contributed by atoms with Crippen LogP contribution in [0.5, 0.6) is 0 Å². The largest absolute Gasteiger partial charge is 0.341 e. The van der Waals surface area contributed by atoms with E-state index in [4.69, 9.17) is 5.26 Å². The van der Waals surface area contributed by atoms with E-state index >= 15 is 0 Å². The van der Waals surface area contributed by atoms with Crippen LogP contribution < -0.4 is 10.6 Å². The van der Waals surface area contributed by atoms with E-state index < -0.39 is 0 Å². The Hall–Kier alpha value is -1.26. The van der Waals surface area contributed by atoms with Crippen molar-refractivity contribution in [2.45, 2.75) is 11.9 Å². The molecule has 2 amide bonds. The molecule has 0 aromatic carbocycles. The molecule has 0 bridgehead atoms. The highest BCUT2D eigenvalue weighted by Gasteiger charge is 2.14. The van der Waals surface area contributed by atoms with E-state index in [0.29, 0.717) is 15.6 Å². The van der Waals surface area contributed by atoms with Crippen LogP contribution in [0.15, 0.2) is 5.03 Å². The highest BCUT2D eigenvalue weighted by atomic mass is 32.2. The normalized spacial score (nSPS) is 9.40. The van der Waals surface area contributed by atoms with Crippen molar-refractivity contribution in [1.82, 2.24) is 9.69 Å². The lowest BCUT2D eigenvalue weighted by molar-refractivity contribution is 0.254. The summed E-state index contributed by atoms with van der Waals surface area (Å²) < 4.78 is 4.10. The maximum atomic E-state index is 11.1. The predicted octanol–water partition coefficient (Wildman–Crippen LogP) is 1.88. The molecule has 0 spiro atoms. The number of rotatable bonds is 3. The fourth-order valence-corrected chi connectivity index (χ4v) is 2.45. The number of aromatic nitrogens is 1. The van der Waals surface area contributed by atoms with Crippen molar-refractivity contribution in [3.63, 3.8) is 0 Å². The van der Waals surface area contributed by atoms with Gasteiger partial charge in [0.25, 0.3) is 0 Å². The number of hydrogen-bond acceptors (Lipinski definition) is 5. The second-order valence-corrected chi connectivity index (χ2v) is 4.47. The van der Waals surface area contributed by atoms with E-state index in [1.165, 1.54) is 18.8 Å². The summed E-state index contributed by atoms with van der Waals surface area (Å²) in [7, 11) is 1.52. The molecule has 1 aromatic rings. The second kappa shape index (κ2) is 5.58. The Balaban J connectivity index is 2.90. The minimum atomic E-state index is -0.344. The first-order valence-corrected chi connectivity index (χ1v) is 6.00. The monoisotopic (exact) mass is 242 g/mol. The summed E-state index contributed by atoms with van der Waals surface area (Å²) in [5.74, 6) is 0.845. The van der Waals surface area contributed by atoms with Gasteiger partial charge in [-0.3, -0.25) is 5.32 Å². The second-order valence-electron chi connectivity index (χ2n) is 2.44. The summed E-state index contributed by atoms with van der Waals surface area (Å²) in [6.07, 6.45) is 0. The van der Waals surface area contributed by atoms with Crippen LogP contribution in [0.25, 0.3) is 0 Å². The summed E-state index contributed by atoms with van der Waals surface area (Å²) in [5.41, 5.74) is 0.440. The molecule has 1 rings (SSSR count). The number of thioether (sulfide) groups is 1. The van der Waals surface area contributed by atoms with Gasteiger partial charge < -0.3 is 5.32 Å². The van der Waals surface area contributed by atoms with Crippen molar-refractivity contribution in [1.29, 1.82) is 5.26 Å². The predicted molar refractivity (Wildman–Crippen MR) is 61.3 cm³/mol. The minimum absolute atomic E-state index is 0.344. The van der Waals surface area contributed by atoms with Gasteiger partial charge in [0.05, 0.1) is 0 Å². The Morgan fingerprint density at radius 1 is 1.73 bits per heavy atom. The Morgan fingerprint density at radius 3 is 3.00 bits per heavy atom. The Morgan fingerprint density at radius 2 is 2.47 bits per heavy atom. The smallest absolute Gasteiger partial charge is 0.319 e. The van der Waals surface area contributed by atoms with E-state index in [2.05, 4.69) is 15.0 Å². The number of amides is 2. The van der Waals surface area contributed by atoms with Gasteiger partial charge in [0, 0.05) is 7.05 Å².